The minimum Gasteiger partial charge on any atom is -0.444 e. The predicted molar refractivity (Wildman–Crippen MR) is 68.3 cm³/mol. The van der Waals surface area contributed by atoms with E-state index in [1.54, 1.807) is 12.1 Å². The number of ether oxygens (including phenoxy) is 1. The summed E-state index contributed by atoms with van der Waals surface area (Å²) in [5, 5.41) is 19.8. The van der Waals surface area contributed by atoms with Crippen molar-refractivity contribution in [1.82, 2.24) is 9.97 Å². The first kappa shape index (κ1) is 13.1. The van der Waals surface area contributed by atoms with Crippen LogP contribution in [0, 0.1) is 22.7 Å². The average Bonchev–Trinajstić information content (AvgIpc) is 2.88. The Balaban J connectivity index is 1.94. The van der Waals surface area contributed by atoms with Crippen LogP contribution >= 0.6 is 0 Å². The van der Waals surface area contributed by atoms with Gasteiger partial charge in [0.05, 0.1) is 0 Å². The average molecular weight is 267 g/mol. The first-order chi connectivity index (χ1) is 9.72. The highest BCUT2D eigenvalue weighted by Gasteiger charge is 2.12. The molecule has 2 rings (SSSR count). The van der Waals surface area contributed by atoms with E-state index in [1.165, 1.54) is 0 Å². The fraction of sp³-hybridized carbons (Fsp3) is 0.0769. The van der Waals surface area contributed by atoms with Crippen LogP contribution in [0.15, 0.2) is 30.3 Å². The van der Waals surface area contributed by atoms with Crippen molar-refractivity contribution in [1.29, 1.82) is 10.5 Å². The van der Waals surface area contributed by atoms with Crippen molar-refractivity contribution in [2.24, 2.45) is 0 Å². The Morgan fingerprint density at radius 1 is 1.30 bits per heavy atom. The molecule has 0 aliphatic rings. The van der Waals surface area contributed by atoms with Crippen molar-refractivity contribution < 1.29 is 9.53 Å². The van der Waals surface area contributed by atoms with Gasteiger partial charge in [-0.15, -0.1) is 0 Å². The van der Waals surface area contributed by atoms with Gasteiger partial charge in [-0.3, -0.25) is 5.32 Å². The van der Waals surface area contributed by atoms with Crippen molar-refractivity contribution in [3.8, 4) is 12.1 Å². The van der Waals surface area contributed by atoms with E-state index in [-0.39, 0.29) is 23.9 Å². The first-order valence-electron chi connectivity index (χ1n) is 5.61. The Morgan fingerprint density at radius 3 is 2.65 bits per heavy atom. The zero-order valence-electron chi connectivity index (χ0n) is 10.3. The number of nitrogens with one attached hydrogen (secondary N) is 2. The molecule has 0 unspecified atom stereocenters. The molecule has 0 aliphatic heterocycles. The summed E-state index contributed by atoms with van der Waals surface area (Å²) in [6.45, 7) is 0.115. The maximum Gasteiger partial charge on any atom is 0.414 e. The molecule has 2 N–H and O–H groups in total. The lowest BCUT2D eigenvalue weighted by Gasteiger charge is -2.04. The standard InChI is InChI=1S/C13H9N5O2/c14-6-10-11(7-15)17-12(16-10)18-13(19)20-8-9-4-2-1-3-5-9/h1-5H,8H2,(H2,16,17,18,19). The van der Waals surface area contributed by atoms with E-state index in [0.717, 1.165) is 5.56 Å². The molecule has 20 heavy (non-hydrogen) atoms. The molecule has 0 aliphatic carbocycles. The number of rotatable bonds is 3. The van der Waals surface area contributed by atoms with Gasteiger partial charge in [0.15, 0.2) is 11.4 Å². The summed E-state index contributed by atoms with van der Waals surface area (Å²) < 4.78 is 4.97. The topological polar surface area (TPSA) is 115 Å². The molecule has 0 atom stereocenters. The fourth-order valence-electron chi connectivity index (χ4n) is 1.45. The molecule has 7 heteroatoms. The number of H-pyrrole nitrogens is 1. The van der Waals surface area contributed by atoms with Gasteiger partial charge in [0, 0.05) is 0 Å². The number of imidazole rings is 1. The van der Waals surface area contributed by atoms with Gasteiger partial charge in [-0.1, -0.05) is 30.3 Å². The second kappa shape index (κ2) is 6.03. The van der Waals surface area contributed by atoms with Crippen molar-refractivity contribution in [3.63, 3.8) is 0 Å². The molecule has 2 aromatic rings. The highest BCUT2D eigenvalue weighted by Crippen LogP contribution is 2.08. The summed E-state index contributed by atoms with van der Waals surface area (Å²) in [6, 6.07) is 12.7. The Bertz CT molecular complexity index is 662. The Hall–Kier alpha value is -3.32. The van der Waals surface area contributed by atoms with Crippen LogP contribution in [-0.2, 0) is 11.3 Å². The lowest BCUT2D eigenvalue weighted by atomic mass is 10.2. The van der Waals surface area contributed by atoms with Gasteiger partial charge in [0.1, 0.15) is 18.7 Å². The number of nitriles is 2. The van der Waals surface area contributed by atoms with E-state index in [1.807, 2.05) is 30.3 Å². The van der Waals surface area contributed by atoms with Crippen LogP contribution < -0.4 is 5.32 Å². The number of nitrogens with zero attached hydrogens (tertiary/aromatic N) is 3. The summed E-state index contributed by atoms with van der Waals surface area (Å²) in [7, 11) is 0. The summed E-state index contributed by atoms with van der Waals surface area (Å²) in [4.78, 5) is 17.8. The van der Waals surface area contributed by atoms with Gasteiger partial charge in [0.2, 0.25) is 5.95 Å². The summed E-state index contributed by atoms with van der Waals surface area (Å²) >= 11 is 0. The summed E-state index contributed by atoms with van der Waals surface area (Å²) in [6.07, 6.45) is -0.725. The molecule has 98 valence electrons. The van der Waals surface area contributed by atoms with E-state index >= 15 is 0 Å². The summed E-state index contributed by atoms with van der Waals surface area (Å²) in [5.74, 6) is -0.00355. The van der Waals surface area contributed by atoms with Crippen LogP contribution in [0.1, 0.15) is 17.0 Å². The SMILES string of the molecule is N#Cc1nc(NC(=O)OCc2ccccc2)[nH]c1C#N. The normalized spacial score (nSPS) is 9.30. The van der Waals surface area contributed by atoms with Gasteiger partial charge in [0.25, 0.3) is 0 Å². The number of hydrogen-bond donors (Lipinski definition) is 2. The van der Waals surface area contributed by atoms with Gasteiger partial charge < -0.3 is 9.72 Å². The molecule has 1 amide bonds. The minimum absolute atomic E-state index is 0.00355. The van der Waals surface area contributed by atoms with Crippen molar-refractivity contribution in [2.45, 2.75) is 6.61 Å². The Labute approximate surface area is 114 Å². The number of hydrogen-bond acceptors (Lipinski definition) is 5. The van der Waals surface area contributed by atoms with E-state index < -0.39 is 6.09 Å². The van der Waals surface area contributed by atoms with Crippen LogP contribution in [0.5, 0.6) is 0 Å². The highest BCUT2D eigenvalue weighted by molar-refractivity contribution is 5.82. The number of anilines is 1. The quantitative estimate of drug-likeness (QED) is 0.881. The number of benzene rings is 1. The maximum absolute atomic E-state index is 11.5. The zero-order valence-corrected chi connectivity index (χ0v) is 10.3. The Kier molecular flexibility index (Phi) is 3.95. The minimum atomic E-state index is -0.725. The molecular weight excluding hydrogens is 258 g/mol. The molecule has 1 aromatic carbocycles. The molecule has 1 aromatic heterocycles. The lowest BCUT2D eigenvalue weighted by Crippen LogP contribution is -2.14. The molecule has 0 radical (unpaired) electrons. The smallest absolute Gasteiger partial charge is 0.414 e. The fourth-order valence-corrected chi connectivity index (χ4v) is 1.45. The third-order valence-corrected chi connectivity index (χ3v) is 2.35. The van der Waals surface area contributed by atoms with E-state index in [0.29, 0.717) is 0 Å². The van der Waals surface area contributed by atoms with Gasteiger partial charge in [-0.05, 0) is 5.56 Å². The number of aromatic amines is 1. The lowest BCUT2D eigenvalue weighted by molar-refractivity contribution is 0.155. The molecule has 1 heterocycles. The number of aromatic nitrogens is 2. The molecule has 0 spiro atoms. The van der Waals surface area contributed by atoms with Gasteiger partial charge >= 0.3 is 6.09 Å². The molecular formula is C13H9N5O2. The molecule has 0 fully saturated rings. The molecule has 0 saturated carbocycles. The number of carbonyl (C=O) groups excluding carboxylic acids is 1. The predicted octanol–water partition coefficient (Wildman–Crippen LogP) is 1.90. The highest BCUT2D eigenvalue weighted by atomic mass is 16.5. The van der Waals surface area contributed by atoms with Crippen LogP contribution in [-0.4, -0.2) is 16.1 Å². The van der Waals surface area contributed by atoms with Crippen LogP contribution in [0.25, 0.3) is 0 Å². The third-order valence-electron chi connectivity index (χ3n) is 2.35. The number of amides is 1. The Morgan fingerprint density at radius 2 is 2.05 bits per heavy atom. The van der Waals surface area contributed by atoms with Crippen molar-refractivity contribution in [2.75, 3.05) is 5.32 Å². The first-order valence-corrected chi connectivity index (χ1v) is 5.61. The third kappa shape index (κ3) is 3.12. The summed E-state index contributed by atoms with van der Waals surface area (Å²) in [5.41, 5.74) is 0.759. The van der Waals surface area contributed by atoms with Crippen LogP contribution in [0.4, 0.5) is 10.7 Å². The molecule has 7 nitrogen and oxygen atoms in total. The zero-order chi connectivity index (χ0) is 14.4. The van der Waals surface area contributed by atoms with E-state index in [2.05, 4.69) is 15.3 Å². The van der Waals surface area contributed by atoms with E-state index in [4.69, 9.17) is 15.3 Å². The van der Waals surface area contributed by atoms with Crippen LogP contribution in [0.3, 0.4) is 0 Å². The van der Waals surface area contributed by atoms with Crippen LogP contribution in [0.2, 0.25) is 0 Å². The van der Waals surface area contributed by atoms with Gasteiger partial charge in [-0.2, -0.15) is 10.5 Å². The van der Waals surface area contributed by atoms with Crippen molar-refractivity contribution >= 4 is 12.0 Å². The molecule has 0 saturated heterocycles. The maximum atomic E-state index is 11.5. The second-order valence-electron chi connectivity index (χ2n) is 3.72. The van der Waals surface area contributed by atoms with E-state index in [9.17, 15) is 4.79 Å². The number of carbonyl (C=O) groups is 1. The largest absolute Gasteiger partial charge is 0.444 e. The van der Waals surface area contributed by atoms with Gasteiger partial charge in [-0.25, -0.2) is 9.78 Å². The van der Waals surface area contributed by atoms with Crippen molar-refractivity contribution in [3.05, 3.63) is 47.3 Å². The molecule has 0 bridgehead atoms. The monoisotopic (exact) mass is 267 g/mol. The second-order valence-corrected chi connectivity index (χ2v) is 3.72.